The zero-order valence-electron chi connectivity index (χ0n) is 15.6. The van der Waals surface area contributed by atoms with Gasteiger partial charge < -0.3 is 4.74 Å². The first-order valence-corrected chi connectivity index (χ1v) is 10.5. The number of amides is 1. The van der Waals surface area contributed by atoms with Gasteiger partial charge in [0.15, 0.2) is 5.13 Å². The Hall–Kier alpha value is -2.21. The van der Waals surface area contributed by atoms with Crippen LogP contribution in [0.4, 0.5) is 5.13 Å². The van der Waals surface area contributed by atoms with Gasteiger partial charge in [0, 0.05) is 12.7 Å². The first-order valence-electron chi connectivity index (χ1n) is 9.33. The molecule has 1 aromatic heterocycles. The van der Waals surface area contributed by atoms with Crippen LogP contribution in [0, 0.1) is 6.92 Å². The molecule has 2 aromatic carbocycles. The minimum atomic E-state index is -0.104. The highest BCUT2D eigenvalue weighted by molar-refractivity contribution is 7.23. The van der Waals surface area contributed by atoms with Gasteiger partial charge in [-0.25, -0.2) is 4.98 Å². The number of ether oxygens (including phenoxy) is 1. The number of anilines is 1. The predicted octanol–water partition coefficient (Wildman–Crippen LogP) is 5.48. The van der Waals surface area contributed by atoms with E-state index in [1.54, 1.807) is 11.0 Å². The molecule has 144 valence electrons. The molecule has 4 nitrogen and oxygen atoms in total. The number of carbonyl (C=O) groups excluding carboxylic acids is 1. The van der Waals surface area contributed by atoms with Crippen LogP contribution in [0.1, 0.15) is 24.0 Å². The molecule has 0 aliphatic carbocycles. The summed E-state index contributed by atoms with van der Waals surface area (Å²) in [5.41, 5.74) is 2.88. The maximum absolute atomic E-state index is 13.1. The first kappa shape index (κ1) is 19.1. The van der Waals surface area contributed by atoms with Crippen molar-refractivity contribution in [2.75, 3.05) is 18.1 Å². The molecule has 1 amide bonds. The van der Waals surface area contributed by atoms with Gasteiger partial charge >= 0.3 is 0 Å². The quantitative estimate of drug-likeness (QED) is 0.521. The number of hydrogen-bond donors (Lipinski definition) is 0. The second-order valence-corrected chi connectivity index (χ2v) is 8.25. The van der Waals surface area contributed by atoms with E-state index in [0.29, 0.717) is 16.7 Å². The Morgan fingerprint density at radius 3 is 2.86 bits per heavy atom. The average Bonchev–Trinajstić information content (AvgIpc) is 3.38. The fourth-order valence-corrected chi connectivity index (χ4v) is 4.61. The summed E-state index contributed by atoms with van der Waals surface area (Å²) in [6.07, 6.45) is 5.45. The molecule has 0 radical (unpaired) electrons. The lowest BCUT2D eigenvalue weighted by Crippen LogP contribution is -2.36. The minimum absolute atomic E-state index is 0.0395. The zero-order valence-corrected chi connectivity index (χ0v) is 17.2. The number of benzene rings is 2. The molecule has 0 N–H and O–H groups in total. The van der Waals surface area contributed by atoms with E-state index >= 15 is 0 Å². The van der Waals surface area contributed by atoms with Crippen molar-refractivity contribution in [3.63, 3.8) is 0 Å². The van der Waals surface area contributed by atoms with Gasteiger partial charge in [-0.15, -0.1) is 0 Å². The molecule has 28 heavy (non-hydrogen) atoms. The summed E-state index contributed by atoms with van der Waals surface area (Å²) in [6.45, 7) is 3.25. The number of nitrogens with zero attached hydrogens (tertiary/aromatic N) is 2. The largest absolute Gasteiger partial charge is 0.376 e. The lowest BCUT2D eigenvalue weighted by atomic mass is 10.2. The van der Waals surface area contributed by atoms with Crippen molar-refractivity contribution in [1.29, 1.82) is 0 Å². The van der Waals surface area contributed by atoms with Crippen molar-refractivity contribution >= 4 is 50.3 Å². The Morgan fingerprint density at radius 1 is 1.32 bits per heavy atom. The molecule has 4 rings (SSSR count). The third-order valence-corrected chi connectivity index (χ3v) is 6.35. The number of halogens is 1. The number of aromatic nitrogens is 1. The third-order valence-electron chi connectivity index (χ3n) is 4.81. The van der Waals surface area contributed by atoms with E-state index in [0.717, 1.165) is 40.8 Å². The molecule has 1 aliphatic rings. The van der Waals surface area contributed by atoms with Crippen LogP contribution in [0.25, 0.3) is 16.3 Å². The predicted molar refractivity (Wildman–Crippen MR) is 116 cm³/mol. The second-order valence-electron chi connectivity index (χ2n) is 6.87. The highest BCUT2D eigenvalue weighted by Crippen LogP contribution is 2.36. The van der Waals surface area contributed by atoms with Crippen LogP contribution in [-0.4, -0.2) is 30.1 Å². The molecule has 0 spiro atoms. The summed E-state index contributed by atoms with van der Waals surface area (Å²) in [5.74, 6) is -0.104. The topological polar surface area (TPSA) is 42.4 Å². The number of thiazole rings is 1. The number of aryl methyl sites for hydroxylation is 1. The molecular formula is C22H21ClN2O2S. The maximum atomic E-state index is 13.1. The minimum Gasteiger partial charge on any atom is -0.376 e. The van der Waals surface area contributed by atoms with Gasteiger partial charge in [0.05, 0.1) is 27.9 Å². The molecule has 1 unspecified atom stereocenters. The summed E-state index contributed by atoms with van der Waals surface area (Å²) in [7, 11) is 0. The van der Waals surface area contributed by atoms with E-state index in [2.05, 4.69) is 0 Å². The van der Waals surface area contributed by atoms with Gasteiger partial charge in [-0.05, 0) is 43.0 Å². The molecular weight excluding hydrogens is 392 g/mol. The van der Waals surface area contributed by atoms with Gasteiger partial charge in [-0.2, -0.15) is 0 Å². The van der Waals surface area contributed by atoms with E-state index in [-0.39, 0.29) is 12.0 Å². The third kappa shape index (κ3) is 4.12. The van der Waals surface area contributed by atoms with Gasteiger partial charge in [0.25, 0.3) is 5.91 Å². The van der Waals surface area contributed by atoms with Gasteiger partial charge in [-0.3, -0.25) is 9.69 Å². The van der Waals surface area contributed by atoms with Crippen molar-refractivity contribution in [3.8, 4) is 0 Å². The highest BCUT2D eigenvalue weighted by atomic mass is 35.5. The molecule has 3 aromatic rings. The molecule has 0 saturated carbocycles. The smallest absolute Gasteiger partial charge is 0.252 e. The summed E-state index contributed by atoms with van der Waals surface area (Å²) >= 11 is 7.82. The van der Waals surface area contributed by atoms with Crippen LogP contribution in [0.3, 0.4) is 0 Å². The van der Waals surface area contributed by atoms with Gasteiger partial charge in [0.1, 0.15) is 0 Å². The summed E-state index contributed by atoms with van der Waals surface area (Å²) in [5, 5.41) is 1.32. The normalized spacial score (nSPS) is 16.9. The molecule has 1 saturated heterocycles. The summed E-state index contributed by atoms with van der Waals surface area (Å²) < 4.78 is 6.68. The van der Waals surface area contributed by atoms with Crippen LogP contribution in [0.2, 0.25) is 5.02 Å². The Kier molecular flexibility index (Phi) is 5.76. The first-order chi connectivity index (χ1) is 13.6. The van der Waals surface area contributed by atoms with Crippen molar-refractivity contribution in [2.24, 2.45) is 0 Å². The molecule has 1 aliphatic heterocycles. The number of rotatable bonds is 5. The van der Waals surface area contributed by atoms with Crippen molar-refractivity contribution in [3.05, 3.63) is 64.7 Å². The number of carbonyl (C=O) groups is 1. The number of fused-ring (bicyclic) bond motifs is 1. The molecule has 2 heterocycles. The Balaban J connectivity index is 1.67. The molecule has 1 fully saturated rings. The Morgan fingerprint density at radius 2 is 2.14 bits per heavy atom. The van der Waals surface area contributed by atoms with Crippen LogP contribution < -0.4 is 4.90 Å². The average molecular weight is 413 g/mol. The van der Waals surface area contributed by atoms with Crippen LogP contribution in [0.15, 0.2) is 48.5 Å². The van der Waals surface area contributed by atoms with Gasteiger partial charge in [0.2, 0.25) is 0 Å². The standard InChI is InChI=1S/C22H21ClN2O2S/c1-15-9-11-18(23)21-20(15)24-22(28-21)25(14-17-8-5-13-27-17)19(26)12-10-16-6-3-2-4-7-16/h2-4,6-7,9-12,17H,5,8,13-14H2,1H3/b12-10+. The molecule has 1 atom stereocenters. The second kappa shape index (κ2) is 8.43. The summed E-state index contributed by atoms with van der Waals surface area (Å²) in [4.78, 5) is 19.5. The number of hydrogen-bond acceptors (Lipinski definition) is 4. The van der Waals surface area contributed by atoms with E-state index < -0.39 is 0 Å². The monoisotopic (exact) mass is 412 g/mol. The van der Waals surface area contributed by atoms with Crippen molar-refractivity contribution < 1.29 is 9.53 Å². The maximum Gasteiger partial charge on any atom is 0.252 e. The van der Waals surface area contributed by atoms with Crippen LogP contribution in [0.5, 0.6) is 0 Å². The Labute approximate surface area is 173 Å². The fourth-order valence-electron chi connectivity index (χ4n) is 3.28. The van der Waals surface area contributed by atoms with E-state index in [1.165, 1.54) is 11.3 Å². The van der Waals surface area contributed by atoms with Crippen LogP contribution >= 0.6 is 22.9 Å². The molecule has 0 bridgehead atoms. The van der Waals surface area contributed by atoms with E-state index in [1.807, 2.05) is 55.5 Å². The van der Waals surface area contributed by atoms with E-state index in [9.17, 15) is 4.79 Å². The molecule has 6 heteroatoms. The lowest BCUT2D eigenvalue weighted by Gasteiger charge is -2.21. The fraction of sp³-hybridized carbons (Fsp3) is 0.273. The Bertz CT molecular complexity index is 971. The summed E-state index contributed by atoms with van der Waals surface area (Å²) in [6, 6.07) is 13.6. The lowest BCUT2D eigenvalue weighted by molar-refractivity contribution is -0.114. The SMILES string of the molecule is Cc1ccc(Cl)c2sc(N(CC3CCCO3)C(=O)/C=C/c3ccccc3)nc12. The van der Waals surface area contributed by atoms with Crippen molar-refractivity contribution in [2.45, 2.75) is 25.9 Å². The zero-order chi connectivity index (χ0) is 19.5. The van der Waals surface area contributed by atoms with Crippen molar-refractivity contribution in [1.82, 2.24) is 4.98 Å². The van der Waals surface area contributed by atoms with Crippen LogP contribution in [-0.2, 0) is 9.53 Å². The van der Waals surface area contributed by atoms with Gasteiger partial charge in [-0.1, -0.05) is 59.3 Å². The highest BCUT2D eigenvalue weighted by Gasteiger charge is 2.25. The van der Waals surface area contributed by atoms with E-state index in [4.69, 9.17) is 21.3 Å².